The summed E-state index contributed by atoms with van der Waals surface area (Å²) in [4.78, 5) is 38.8. The van der Waals surface area contributed by atoms with E-state index in [1.54, 1.807) is 0 Å². The van der Waals surface area contributed by atoms with Crippen LogP contribution in [0.15, 0.2) is 0 Å². The van der Waals surface area contributed by atoms with Gasteiger partial charge in [0.25, 0.3) is 0 Å². The maximum Gasteiger partial charge on any atom is 0.447 e. The minimum Gasteiger partial charge on any atom is -0.370 e. The Morgan fingerprint density at radius 2 is 1.71 bits per heavy atom. The van der Waals surface area contributed by atoms with E-state index in [0.717, 1.165) is 0 Å². The lowest BCUT2D eigenvalue weighted by atomic mass is 10.2. The fourth-order valence-electron chi connectivity index (χ4n) is 0.560. The van der Waals surface area contributed by atoms with Crippen molar-refractivity contribution in [2.75, 3.05) is 0 Å². The van der Waals surface area contributed by atoms with Crippen molar-refractivity contribution < 1.29 is 24.2 Å². The first-order valence-electron chi connectivity index (χ1n) is 3.65. The van der Waals surface area contributed by atoms with Gasteiger partial charge in [-0.15, -0.1) is 0 Å². The molecule has 0 bridgehead atoms. The lowest BCUT2D eigenvalue weighted by Gasteiger charge is -2.06. The summed E-state index contributed by atoms with van der Waals surface area (Å²) >= 11 is 0. The first-order chi connectivity index (χ1) is 6.43. The molecule has 0 aliphatic heterocycles. The van der Waals surface area contributed by atoms with Crippen molar-refractivity contribution in [3.05, 3.63) is 0 Å². The molecule has 0 saturated heterocycles. The lowest BCUT2D eigenvalue weighted by molar-refractivity contribution is -0.232. The van der Waals surface area contributed by atoms with Gasteiger partial charge in [0, 0.05) is 6.42 Å². The highest BCUT2D eigenvalue weighted by atomic mass is 17.2. The lowest BCUT2D eigenvalue weighted by Crippen LogP contribution is -2.34. The van der Waals surface area contributed by atoms with Gasteiger partial charge < -0.3 is 17.2 Å². The quantitative estimate of drug-likeness (QED) is 0.361. The fraction of sp³-hybridized carbons (Fsp3) is 0.500. The normalized spacial score (nSPS) is 11.5. The highest BCUT2D eigenvalue weighted by molar-refractivity contribution is 5.78. The summed E-state index contributed by atoms with van der Waals surface area (Å²) in [7, 11) is 0. The van der Waals surface area contributed by atoms with Gasteiger partial charge in [0.1, 0.15) is 6.04 Å². The van der Waals surface area contributed by atoms with Gasteiger partial charge in [-0.25, -0.2) is 19.4 Å². The largest absolute Gasteiger partial charge is 0.447 e. The van der Waals surface area contributed by atoms with Crippen LogP contribution >= 0.6 is 0 Å². The zero-order valence-corrected chi connectivity index (χ0v) is 7.26. The smallest absolute Gasteiger partial charge is 0.370 e. The molecule has 8 nitrogen and oxygen atoms in total. The van der Waals surface area contributed by atoms with Gasteiger partial charge in [-0.3, -0.25) is 4.79 Å². The van der Waals surface area contributed by atoms with Crippen LogP contribution in [0.25, 0.3) is 0 Å². The van der Waals surface area contributed by atoms with Crippen molar-refractivity contribution in [3.8, 4) is 0 Å². The molecule has 1 unspecified atom stereocenters. The summed E-state index contributed by atoms with van der Waals surface area (Å²) in [5.41, 5.74) is 14.6. The SMILES string of the molecule is NC(=O)CCC(N)C(=O)OOC(N)=O. The second kappa shape index (κ2) is 5.75. The molecule has 80 valence electrons. The molecule has 0 aliphatic rings. The number of amides is 2. The molecule has 0 heterocycles. The molecule has 0 aromatic carbocycles. The number of rotatable bonds is 4. The fourth-order valence-corrected chi connectivity index (χ4v) is 0.560. The number of carbonyl (C=O) groups excluding carboxylic acids is 3. The first kappa shape index (κ1) is 12.2. The van der Waals surface area contributed by atoms with E-state index < -0.39 is 24.0 Å². The molecule has 8 heteroatoms. The predicted molar refractivity (Wildman–Crippen MR) is 43.2 cm³/mol. The van der Waals surface area contributed by atoms with Crippen LogP contribution in [-0.4, -0.2) is 24.0 Å². The molecule has 0 fully saturated rings. The van der Waals surface area contributed by atoms with Crippen LogP contribution < -0.4 is 17.2 Å². The van der Waals surface area contributed by atoms with E-state index in [9.17, 15) is 14.4 Å². The summed E-state index contributed by atoms with van der Waals surface area (Å²) in [6.07, 6.45) is -1.32. The Hall–Kier alpha value is -1.83. The van der Waals surface area contributed by atoms with E-state index in [1.165, 1.54) is 0 Å². The van der Waals surface area contributed by atoms with E-state index in [-0.39, 0.29) is 12.8 Å². The van der Waals surface area contributed by atoms with Gasteiger partial charge in [0.05, 0.1) is 0 Å². The molecule has 0 aliphatic carbocycles. The average Bonchev–Trinajstić information content (AvgIpc) is 2.09. The van der Waals surface area contributed by atoms with Crippen LogP contribution in [0.2, 0.25) is 0 Å². The Kier molecular flexibility index (Phi) is 5.00. The molecule has 0 radical (unpaired) electrons. The van der Waals surface area contributed by atoms with E-state index in [1.807, 2.05) is 0 Å². The number of hydrogen-bond donors (Lipinski definition) is 3. The van der Waals surface area contributed by atoms with Crippen LogP contribution in [0, 0.1) is 0 Å². The molecule has 0 rings (SSSR count). The van der Waals surface area contributed by atoms with Crippen molar-refractivity contribution in [3.63, 3.8) is 0 Å². The van der Waals surface area contributed by atoms with Gasteiger partial charge in [-0.05, 0) is 6.42 Å². The van der Waals surface area contributed by atoms with E-state index in [4.69, 9.17) is 11.5 Å². The summed E-state index contributed by atoms with van der Waals surface area (Å²) in [5, 5.41) is 0. The first-order valence-corrected chi connectivity index (χ1v) is 3.65. The Bertz CT molecular complexity index is 242. The van der Waals surface area contributed by atoms with Crippen molar-refractivity contribution in [1.29, 1.82) is 0 Å². The monoisotopic (exact) mass is 205 g/mol. The molecule has 0 aromatic rings. The van der Waals surface area contributed by atoms with Crippen LogP contribution in [0.3, 0.4) is 0 Å². The highest BCUT2D eigenvalue weighted by Gasteiger charge is 2.18. The maximum atomic E-state index is 10.8. The van der Waals surface area contributed by atoms with Gasteiger partial charge in [-0.1, -0.05) is 0 Å². The average molecular weight is 205 g/mol. The number of carbonyl (C=O) groups is 3. The van der Waals surface area contributed by atoms with Crippen molar-refractivity contribution >= 4 is 18.0 Å². The number of hydrogen-bond acceptors (Lipinski definition) is 6. The van der Waals surface area contributed by atoms with E-state index >= 15 is 0 Å². The summed E-state index contributed by atoms with van der Waals surface area (Å²) < 4.78 is 0. The summed E-state index contributed by atoms with van der Waals surface area (Å²) in [5.74, 6) is -1.59. The zero-order valence-electron chi connectivity index (χ0n) is 7.26. The van der Waals surface area contributed by atoms with Gasteiger partial charge in [0.2, 0.25) is 5.91 Å². The van der Waals surface area contributed by atoms with Crippen molar-refractivity contribution in [2.24, 2.45) is 17.2 Å². The Morgan fingerprint density at radius 1 is 1.14 bits per heavy atom. The van der Waals surface area contributed by atoms with Crippen LogP contribution in [0.1, 0.15) is 12.8 Å². The minimum absolute atomic E-state index is 0.0102. The molecule has 6 N–H and O–H groups in total. The van der Waals surface area contributed by atoms with E-state index in [0.29, 0.717) is 0 Å². The third kappa shape index (κ3) is 5.77. The van der Waals surface area contributed by atoms with Gasteiger partial charge in [0.15, 0.2) is 0 Å². The Balaban J connectivity index is 3.76. The topological polar surface area (TPSA) is 148 Å². The Labute approximate surface area is 79.2 Å². The molecule has 14 heavy (non-hydrogen) atoms. The van der Waals surface area contributed by atoms with Gasteiger partial charge >= 0.3 is 12.1 Å². The second-order valence-electron chi connectivity index (χ2n) is 2.42. The molecular weight excluding hydrogens is 194 g/mol. The standard InChI is InChI=1S/C6H11N3O5/c7-3(1-2-4(8)10)5(11)13-14-6(9)12/h3H,1-2,7H2,(H2,8,10)(H2,9,12). The van der Waals surface area contributed by atoms with Crippen molar-refractivity contribution in [2.45, 2.75) is 18.9 Å². The molecule has 0 spiro atoms. The molecule has 0 saturated carbocycles. The molecule has 0 aromatic heterocycles. The minimum atomic E-state index is -1.26. The second-order valence-corrected chi connectivity index (χ2v) is 2.42. The predicted octanol–water partition coefficient (Wildman–Crippen LogP) is -1.87. The number of nitrogens with two attached hydrogens (primary N) is 3. The van der Waals surface area contributed by atoms with Gasteiger partial charge in [-0.2, -0.15) is 0 Å². The zero-order chi connectivity index (χ0) is 11.1. The molecule has 1 atom stereocenters. The Morgan fingerprint density at radius 3 is 2.14 bits per heavy atom. The summed E-state index contributed by atoms with van der Waals surface area (Å²) in [6, 6.07) is -1.08. The van der Waals surface area contributed by atoms with Crippen LogP contribution in [0.4, 0.5) is 4.79 Å². The maximum absolute atomic E-state index is 10.8. The molecule has 2 amide bonds. The van der Waals surface area contributed by atoms with Crippen LogP contribution in [-0.2, 0) is 19.4 Å². The highest BCUT2D eigenvalue weighted by Crippen LogP contribution is 1.96. The van der Waals surface area contributed by atoms with Crippen LogP contribution in [0.5, 0.6) is 0 Å². The summed E-state index contributed by atoms with van der Waals surface area (Å²) in [6.45, 7) is 0. The third-order valence-corrected chi connectivity index (χ3v) is 1.21. The number of primary amides is 2. The molecular formula is C6H11N3O5. The third-order valence-electron chi connectivity index (χ3n) is 1.21. The van der Waals surface area contributed by atoms with E-state index in [2.05, 4.69) is 15.5 Å². The van der Waals surface area contributed by atoms with Crippen molar-refractivity contribution in [1.82, 2.24) is 0 Å².